The highest BCUT2D eigenvalue weighted by molar-refractivity contribution is 9.09. The summed E-state index contributed by atoms with van der Waals surface area (Å²) >= 11 is 3.44. The molecular weight excluding hydrogens is 403 g/mol. The van der Waals surface area contributed by atoms with Crippen molar-refractivity contribution in [1.29, 1.82) is 5.26 Å². The third-order valence-corrected chi connectivity index (χ3v) is 6.54. The summed E-state index contributed by atoms with van der Waals surface area (Å²) in [5.41, 5.74) is -0.521. The van der Waals surface area contributed by atoms with Gasteiger partial charge in [0.2, 0.25) is 11.8 Å². The number of hydrogen-bond acceptors (Lipinski definition) is 4. The highest BCUT2D eigenvalue weighted by atomic mass is 79.9. The molecular formula is C19H18BrFN2O3. The Morgan fingerprint density at radius 3 is 2.73 bits per heavy atom. The first-order chi connectivity index (χ1) is 12.4. The smallest absolute Gasteiger partial charge is 0.240 e. The third kappa shape index (κ3) is 2.15. The molecule has 26 heavy (non-hydrogen) atoms. The van der Waals surface area contributed by atoms with E-state index in [2.05, 4.69) is 15.9 Å². The lowest BCUT2D eigenvalue weighted by Gasteiger charge is -2.30. The molecule has 5 nitrogen and oxygen atoms in total. The number of benzene rings is 1. The minimum Gasteiger partial charge on any atom is -0.367 e. The van der Waals surface area contributed by atoms with Gasteiger partial charge in [-0.2, -0.15) is 5.26 Å². The number of halogens is 2. The van der Waals surface area contributed by atoms with Gasteiger partial charge in [0.1, 0.15) is 6.67 Å². The number of anilines is 1. The highest BCUT2D eigenvalue weighted by Gasteiger charge is 2.73. The normalized spacial score (nSPS) is 35.1. The van der Waals surface area contributed by atoms with Crippen molar-refractivity contribution in [2.24, 2.45) is 11.8 Å². The second-order valence-corrected chi connectivity index (χ2v) is 8.27. The molecule has 1 aromatic carbocycles. The Morgan fingerprint density at radius 1 is 1.35 bits per heavy atom. The Bertz CT molecular complexity index is 850. The maximum absolute atomic E-state index is 13.3. The average molecular weight is 421 g/mol. The molecule has 0 aromatic heterocycles. The molecule has 136 valence electrons. The van der Waals surface area contributed by atoms with Crippen LogP contribution in [0, 0.1) is 23.2 Å². The average Bonchev–Trinajstić information content (AvgIpc) is 3.20. The lowest BCUT2D eigenvalue weighted by atomic mass is 9.67. The van der Waals surface area contributed by atoms with E-state index in [1.54, 1.807) is 0 Å². The predicted octanol–water partition coefficient (Wildman–Crippen LogP) is 3.24. The van der Waals surface area contributed by atoms with Crippen LogP contribution in [-0.4, -0.2) is 28.3 Å². The molecule has 0 spiro atoms. The van der Waals surface area contributed by atoms with Crippen molar-refractivity contribution in [2.45, 2.75) is 44.1 Å². The van der Waals surface area contributed by atoms with Crippen LogP contribution in [0.4, 0.5) is 10.1 Å². The van der Waals surface area contributed by atoms with Crippen molar-refractivity contribution in [2.75, 3.05) is 10.2 Å². The summed E-state index contributed by atoms with van der Waals surface area (Å²) < 4.78 is 19.5. The van der Waals surface area contributed by atoms with Gasteiger partial charge in [0.15, 0.2) is 0 Å². The fourth-order valence-corrected chi connectivity index (χ4v) is 5.63. The Hall–Kier alpha value is -1.78. The second-order valence-electron chi connectivity index (χ2n) is 7.47. The maximum Gasteiger partial charge on any atom is 0.240 e. The molecule has 0 N–H and O–H groups in total. The van der Waals surface area contributed by atoms with Gasteiger partial charge in [-0.3, -0.25) is 9.59 Å². The van der Waals surface area contributed by atoms with E-state index in [0.29, 0.717) is 17.4 Å². The fraction of sp³-hybridized carbons (Fsp3) is 0.526. The molecule has 0 radical (unpaired) electrons. The van der Waals surface area contributed by atoms with Crippen molar-refractivity contribution >= 4 is 33.4 Å². The first kappa shape index (κ1) is 17.6. The van der Waals surface area contributed by atoms with Crippen molar-refractivity contribution in [3.63, 3.8) is 0 Å². The minimum atomic E-state index is -0.825. The standard InChI is InChI=1S/C19H18BrFN2O3/c1-18-4-5-19(26-18,6-7-20)15-14(18)16(24)23(17(15)25)13-3-2-11(10-22)12(8-13)9-21/h2-3,8,14-15H,4-7,9H2,1H3/t14-,15+,18?,19?/m1/s1. The molecule has 3 aliphatic rings. The first-order valence-corrected chi connectivity index (χ1v) is 9.76. The van der Waals surface area contributed by atoms with Gasteiger partial charge in [0, 0.05) is 10.9 Å². The monoisotopic (exact) mass is 420 g/mol. The number of ether oxygens (including phenoxy) is 1. The van der Waals surface area contributed by atoms with E-state index in [1.807, 2.05) is 13.0 Å². The van der Waals surface area contributed by atoms with Crippen LogP contribution in [0.2, 0.25) is 0 Å². The summed E-state index contributed by atoms with van der Waals surface area (Å²) in [6.07, 6.45) is 2.17. The van der Waals surface area contributed by atoms with Gasteiger partial charge in [-0.05, 0) is 44.4 Å². The number of nitrogens with zero attached hydrogens (tertiary/aromatic N) is 2. The number of alkyl halides is 2. The van der Waals surface area contributed by atoms with Crippen LogP contribution in [0.3, 0.4) is 0 Å². The van der Waals surface area contributed by atoms with E-state index >= 15 is 0 Å². The van der Waals surface area contributed by atoms with E-state index in [4.69, 9.17) is 10.00 Å². The lowest BCUT2D eigenvalue weighted by molar-refractivity contribution is -0.130. The molecule has 2 amide bonds. The van der Waals surface area contributed by atoms with Gasteiger partial charge in [-0.15, -0.1) is 0 Å². The third-order valence-electron chi connectivity index (χ3n) is 6.14. The van der Waals surface area contributed by atoms with E-state index in [0.717, 1.165) is 12.8 Å². The SMILES string of the molecule is CC12CCC(CCBr)(O1)[C@@H]1C(=O)N(c3ccc(C#N)c(CF)c3)C(=O)[C@@H]12. The number of rotatable bonds is 4. The lowest BCUT2D eigenvalue weighted by Crippen LogP contribution is -2.42. The molecule has 3 fully saturated rings. The number of carbonyl (C=O) groups is 2. The Labute approximate surface area is 159 Å². The topological polar surface area (TPSA) is 70.4 Å². The molecule has 2 bridgehead atoms. The summed E-state index contributed by atoms with van der Waals surface area (Å²) in [6, 6.07) is 6.35. The zero-order chi connectivity index (χ0) is 18.7. The van der Waals surface area contributed by atoms with E-state index in [1.165, 1.54) is 23.1 Å². The van der Waals surface area contributed by atoms with Crippen LogP contribution in [0.5, 0.6) is 0 Å². The van der Waals surface area contributed by atoms with E-state index in [-0.39, 0.29) is 22.9 Å². The largest absolute Gasteiger partial charge is 0.367 e. The van der Waals surface area contributed by atoms with Crippen LogP contribution in [0.15, 0.2) is 18.2 Å². The molecule has 3 saturated heterocycles. The molecule has 1 aromatic rings. The maximum atomic E-state index is 13.3. The molecule has 3 aliphatic heterocycles. The van der Waals surface area contributed by atoms with Gasteiger partial charge < -0.3 is 4.74 Å². The van der Waals surface area contributed by atoms with Gasteiger partial charge in [-0.25, -0.2) is 9.29 Å². The zero-order valence-corrected chi connectivity index (χ0v) is 15.9. The first-order valence-electron chi connectivity index (χ1n) is 8.64. The van der Waals surface area contributed by atoms with E-state index < -0.39 is 29.7 Å². The van der Waals surface area contributed by atoms with Crippen molar-refractivity contribution in [3.05, 3.63) is 29.3 Å². The number of amides is 2. The van der Waals surface area contributed by atoms with Crippen LogP contribution < -0.4 is 4.90 Å². The zero-order valence-electron chi connectivity index (χ0n) is 14.3. The number of nitriles is 1. The van der Waals surface area contributed by atoms with Gasteiger partial charge >= 0.3 is 0 Å². The molecule has 0 aliphatic carbocycles. The highest BCUT2D eigenvalue weighted by Crippen LogP contribution is 2.62. The van der Waals surface area contributed by atoms with Crippen LogP contribution >= 0.6 is 15.9 Å². The number of fused-ring (bicyclic) bond motifs is 5. The predicted molar refractivity (Wildman–Crippen MR) is 95.3 cm³/mol. The summed E-state index contributed by atoms with van der Waals surface area (Å²) in [5.74, 6) is -1.57. The number of imide groups is 1. The Morgan fingerprint density at radius 2 is 2.08 bits per heavy atom. The molecule has 4 atom stereocenters. The van der Waals surface area contributed by atoms with Gasteiger partial charge in [0.05, 0.1) is 40.4 Å². The van der Waals surface area contributed by atoms with Crippen LogP contribution in [0.25, 0.3) is 0 Å². The van der Waals surface area contributed by atoms with E-state index in [9.17, 15) is 14.0 Å². The van der Waals surface area contributed by atoms with Gasteiger partial charge in [0.25, 0.3) is 0 Å². The number of carbonyl (C=O) groups excluding carboxylic acids is 2. The van der Waals surface area contributed by atoms with Crippen molar-refractivity contribution < 1.29 is 18.7 Å². The summed E-state index contributed by atoms with van der Waals surface area (Å²) in [6.45, 7) is 1.09. The second kappa shape index (κ2) is 5.86. The van der Waals surface area contributed by atoms with Gasteiger partial charge in [-0.1, -0.05) is 15.9 Å². The summed E-state index contributed by atoms with van der Waals surface area (Å²) in [4.78, 5) is 27.5. The minimum absolute atomic E-state index is 0.184. The summed E-state index contributed by atoms with van der Waals surface area (Å²) in [5, 5.41) is 9.75. The summed E-state index contributed by atoms with van der Waals surface area (Å²) in [7, 11) is 0. The Kier molecular flexibility index (Phi) is 3.97. The fourth-order valence-electron chi connectivity index (χ4n) is 4.96. The molecule has 4 rings (SSSR count). The molecule has 0 saturated carbocycles. The Balaban J connectivity index is 1.77. The molecule has 3 heterocycles. The molecule has 2 unspecified atom stereocenters. The quantitative estimate of drug-likeness (QED) is 0.553. The van der Waals surface area contributed by atoms with Crippen molar-refractivity contribution in [3.8, 4) is 6.07 Å². The molecule has 7 heteroatoms. The van der Waals surface area contributed by atoms with Crippen LogP contribution in [0.1, 0.15) is 37.3 Å². The number of hydrogen-bond donors (Lipinski definition) is 0. The van der Waals surface area contributed by atoms with Crippen molar-refractivity contribution in [1.82, 2.24) is 0 Å². The van der Waals surface area contributed by atoms with Crippen LogP contribution in [-0.2, 0) is 21.0 Å².